The summed E-state index contributed by atoms with van der Waals surface area (Å²) in [5, 5.41) is 0. The fraction of sp³-hybridized carbons (Fsp3) is 0.533. The van der Waals surface area contributed by atoms with Gasteiger partial charge in [0, 0.05) is 42.4 Å². The molecule has 0 aliphatic heterocycles. The third kappa shape index (κ3) is 4.91. The first kappa shape index (κ1) is 25.6. The van der Waals surface area contributed by atoms with Crippen molar-refractivity contribution in [2.24, 2.45) is 17.3 Å². The van der Waals surface area contributed by atoms with E-state index in [-0.39, 0.29) is 17.8 Å². The van der Waals surface area contributed by atoms with Crippen molar-refractivity contribution in [1.29, 1.82) is 0 Å². The highest BCUT2D eigenvalue weighted by molar-refractivity contribution is 6.18. The molecule has 4 nitrogen and oxygen atoms in total. The van der Waals surface area contributed by atoms with Crippen molar-refractivity contribution in [3.05, 3.63) is 59.2 Å². The minimum Gasteiger partial charge on any atom is -0.426 e. The lowest BCUT2D eigenvalue weighted by molar-refractivity contribution is -0.133. The number of benzene rings is 2. The Balaban J connectivity index is 1.22. The molecule has 4 atom stereocenters. The van der Waals surface area contributed by atoms with Crippen molar-refractivity contribution in [2.45, 2.75) is 57.8 Å². The maximum Gasteiger partial charge on any atom is 0.315 e. The molecule has 2 fully saturated rings. The molecule has 2 aromatic rings. The van der Waals surface area contributed by atoms with E-state index in [1.54, 1.807) is 0 Å². The molecule has 0 amide bonds. The number of carbonyl (C=O) groups is 2. The zero-order valence-corrected chi connectivity index (χ0v) is 22.5. The predicted octanol–water partition coefficient (Wildman–Crippen LogP) is 6.54. The van der Waals surface area contributed by atoms with Crippen molar-refractivity contribution < 1.29 is 14.3 Å². The fourth-order valence-electron chi connectivity index (χ4n) is 7.13. The van der Waals surface area contributed by atoms with E-state index in [9.17, 15) is 9.59 Å². The van der Waals surface area contributed by atoms with Crippen LogP contribution in [0.2, 0.25) is 0 Å². The molecule has 0 N–H and O–H groups in total. The second kappa shape index (κ2) is 10.8. The van der Waals surface area contributed by atoms with Gasteiger partial charge in [0.05, 0.1) is 6.42 Å². The molecule has 3 aliphatic rings. The van der Waals surface area contributed by atoms with Crippen molar-refractivity contribution >= 4 is 40.6 Å². The number of hydrogen-bond donors (Lipinski definition) is 0. The molecule has 0 bridgehead atoms. The maximum absolute atomic E-state index is 12.7. The first-order chi connectivity index (χ1) is 17.4. The summed E-state index contributed by atoms with van der Waals surface area (Å²) in [6, 6.07) is 14.1. The highest BCUT2D eigenvalue weighted by Crippen LogP contribution is 2.59. The van der Waals surface area contributed by atoms with Gasteiger partial charge in [-0.2, -0.15) is 0 Å². The van der Waals surface area contributed by atoms with E-state index in [0.29, 0.717) is 41.0 Å². The van der Waals surface area contributed by atoms with Crippen molar-refractivity contribution in [3.63, 3.8) is 0 Å². The molecular weight excluding hydrogens is 493 g/mol. The number of ether oxygens (including phenoxy) is 1. The number of hydrogen-bond acceptors (Lipinski definition) is 4. The van der Waals surface area contributed by atoms with E-state index in [1.165, 1.54) is 11.1 Å². The van der Waals surface area contributed by atoms with Gasteiger partial charge in [-0.15, -0.1) is 23.2 Å². The van der Waals surface area contributed by atoms with Crippen LogP contribution >= 0.6 is 23.2 Å². The summed E-state index contributed by atoms with van der Waals surface area (Å²) in [6.07, 6.45) is 6.24. The first-order valence-corrected chi connectivity index (χ1v) is 14.3. The highest BCUT2D eigenvalue weighted by Gasteiger charge is 2.54. The fourth-order valence-corrected chi connectivity index (χ4v) is 7.53. The van der Waals surface area contributed by atoms with Crippen LogP contribution in [0.5, 0.6) is 5.75 Å². The van der Waals surface area contributed by atoms with Crippen molar-refractivity contribution in [3.8, 4) is 5.75 Å². The van der Waals surface area contributed by atoms with E-state index in [0.717, 1.165) is 62.9 Å². The van der Waals surface area contributed by atoms with E-state index >= 15 is 0 Å². The van der Waals surface area contributed by atoms with Gasteiger partial charge < -0.3 is 9.64 Å². The molecular formula is C30H35Cl2NO3. The van der Waals surface area contributed by atoms with Gasteiger partial charge in [-0.25, -0.2) is 0 Å². The second-order valence-corrected chi connectivity index (χ2v) is 11.6. The van der Waals surface area contributed by atoms with E-state index in [1.807, 2.05) is 30.3 Å². The number of rotatable bonds is 8. The van der Waals surface area contributed by atoms with E-state index in [2.05, 4.69) is 24.0 Å². The highest BCUT2D eigenvalue weighted by atomic mass is 35.5. The zero-order valence-electron chi connectivity index (χ0n) is 21.0. The first-order valence-electron chi connectivity index (χ1n) is 13.3. The number of fused-ring (bicyclic) bond motifs is 5. The van der Waals surface area contributed by atoms with E-state index < -0.39 is 0 Å². The van der Waals surface area contributed by atoms with Crippen molar-refractivity contribution in [1.82, 2.24) is 0 Å². The lowest BCUT2D eigenvalue weighted by Gasteiger charge is -2.48. The lowest BCUT2D eigenvalue weighted by Crippen LogP contribution is -2.42. The summed E-state index contributed by atoms with van der Waals surface area (Å²) >= 11 is 11.8. The maximum atomic E-state index is 12.7. The molecule has 0 unspecified atom stereocenters. The Morgan fingerprint density at radius 1 is 1.03 bits per heavy atom. The Labute approximate surface area is 224 Å². The van der Waals surface area contributed by atoms with E-state index in [4.69, 9.17) is 27.9 Å². The number of ketones is 1. The molecule has 36 heavy (non-hydrogen) atoms. The summed E-state index contributed by atoms with van der Waals surface area (Å²) in [7, 11) is 0. The molecule has 2 aromatic carbocycles. The zero-order chi connectivity index (χ0) is 25.3. The van der Waals surface area contributed by atoms with Gasteiger partial charge in [0.25, 0.3) is 0 Å². The molecule has 0 saturated heterocycles. The second-order valence-electron chi connectivity index (χ2n) is 10.9. The van der Waals surface area contributed by atoms with Gasteiger partial charge in [0.1, 0.15) is 11.5 Å². The Bertz CT molecular complexity index is 1110. The standard InChI is InChI=1S/C30H35Cl2NO3/c1-30-13-12-25-24-9-7-23(19-21(24)4-8-26(25)27(30)10-11-28(30)34)36-29(35)18-20-2-5-22(6-3-20)33(16-14-31)17-15-32/h2-3,5-7,9,19,25-27H,4,8,10-18H2,1H3/t25-,26-,27-,30+/m0/s1. The van der Waals surface area contributed by atoms with Gasteiger partial charge in [-0.05, 0) is 90.8 Å². The SMILES string of the molecule is C[C@@]12CC[C@H]3c4ccc(OC(=O)Cc5ccc(N(CCCl)CCCl)cc5)cc4CC[C@@H]3[C@@H]1CCC2=O. The number of alkyl halides is 2. The minimum atomic E-state index is -0.257. The Morgan fingerprint density at radius 2 is 1.78 bits per heavy atom. The average molecular weight is 529 g/mol. The molecule has 0 radical (unpaired) electrons. The van der Waals surface area contributed by atoms with Crippen LogP contribution in [-0.2, 0) is 22.4 Å². The summed E-state index contributed by atoms with van der Waals surface area (Å²) in [4.78, 5) is 27.4. The van der Waals surface area contributed by atoms with Crippen LogP contribution in [0.25, 0.3) is 0 Å². The van der Waals surface area contributed by atoms with Gasteiger partial charge in [0.2, 0.25) is 0 Å². The normalized spacial score (nSPS) is 26.6. The number of nitrogens with zero attached hydrogens (tertiary/aromatic N) is 1. The number of halogens is 2. The third-order valence-corrected chi connectivity index (χ3v) is 9.34. The number of esters is 1. The molecule has 0 aromatic heterocycles. The third-order valence-electron chi connectivity index (χ3n) is 9.00. The summed E-state index contributed by atoms with van der Waals surface area (Å²) < 4.78 is 5.75. The van der Waals surface area contributed by atoms with Gasteiger partial charge in [-0.3, -0.25) is 9.59 Å². The van der Waals surface area contributed by atoms with Crippen molar-refractivity contribution in [2.75, 3.05) is 29.7 Å². The number of aryl methyl sites for hydroxylation is 1. The molecule has 5 rings (SSSR count). The summed E-state index contributed by atoms with van der Waals surface area (Å²) in [6.45, 7) is 3.67. The predicted molar refractivity (Wildman–Crippen MR) is 145 cm³/mol. The van der Waals surface area contributed by atoms with Crippen LogP contribution in [-0.4, -0.2) is 36.6 Å². The monoisotopic (exact) mass is 527 g/mol. The molecule has 0 heterocycles. The molecule has 2 saturated carbocycles. The summed E-state index contributed by atoms with van der Waals surface area (Å²) in [5.41, 5.74) is 4.57. The minimum absolute atomic E-state index is 0.0984. The van der Waals surface area contributed by atoms with Crippen LogP contribution in [0.4, 0.5) is 5.69 Å². The van der Waals surface area contributed by atoms with Crippen LogP contribution in [0, 0.1) is 17.3 Å². The van der Waals surface area contributed by atoms with Crippen LogP contribution in [0.3, 0.4) is 0 Å². The van der Waals surface area contributed by atoms with Crippen LogP contribution in [0.1, 0.15) is 61.6 Å². The largest absolute Gasteiger partial charge is 0.426 e. The topological polar surface area (TPSA) is 46.6 Å². The van der Waals surface area contributed by atoms with Crippen LogP contribution < -0.4 is 9.64 Å². The molecule has 192 valence electrons. The molecule has 0 spiro atoms. The quantitative estimate of drug-likeness (QED) is 0.222. The van der Waals surface area contributed by atoms with Gasteiger partial charge in [-0.1, -0.05) is 25.1 Å². The average Bonchev–Trinajstić information content (AvgIpc) is 3.18. The van der Waals surface area contributed by atoms with Gasteiger partial charge in [0.15, 0.2) is 0 Å². The smallest absolute Gasteiger partial charge is 0.315 e. The molecule has 6 heteroatoms. The number of Topliss-reactive ketones (excluding diaryl/α,β-unsaturated/α-hetero) is 1. The number of carbonyl (C=O) groups excluding carboxylic acids is 2. The lowest BCUT2D eigenvalue weighted by atomic mass is 9.55. The summed E-state index contributed by atoms with van der Waals surface area (Å²) in [5.74, 6) is 3.57. The number of anilines is 1. The Kier molecular flexibility index (Phi) is 7.65. The Morgan fingerprint density at radius 3 is 2.50 bits per heavy atom. The van der Waals surface area contributed by atoms with Gasteiger partial charge >= 0.3 is 5.97 Å². The Hall–Kier alpha value is -2.04. The van der Waals surface area contributed by atoms with Crippen LogP contribution in [0.15, 0.2) is 42.5 Å². The molecule has 3 aliphatic carbocycles.